The molecule has 0 radical (unpaired) electrons. The Balaban J connectivity index is 4.43. The van der Waals surface area contributed by atoms with Crippen LogP contribution < -0.4 is 0 Å². The fraction of sp³-hybridized carbons (Fsp3) is 0.712. The highest BCUT2D eigenvalue weighted by Gasteiger charge is 2.19. The van der Waals surface area contributed by atoms with Crippen LogP contribution in [0.2, 0.25) is 0 Å². The number of hydrogen-bond donors (Lipinski definition) is 0. The molecule has 6 heteroatoms. The van der Waals surface area contributed by atoms with Crippen molar-refractivity contribution in [2.45, 2.75) is 258 Å². The average Bonchev–Trinajstić information content (AvgIpc) is 3.30. The third-order valence-electron chi connectivity index (χ3n) is 11.4. The summed E-state index contributed by atoms with van der Waals surface area (Å²) in [6, 6.07) is 0. The van der Waals surface area contributed by atoms with E-state index in [0.29, 0.717) is 19.3 Å². The minimum atomic E-state index is -0.795. The molecule has 0 aromatic rings. The van der Waals surface area contributed by atoms with Gasteiger partial charge in [-0.25, -0.2) is 0 Å². The van der Waals surface area contributed by atoms with Crippen molar-refractivity contribution in [1.82, 2.24) is 0 Å². The standard InChI is InChI=1S/C59H100O6/c1-4-7-10-13-16-19-22-24-26-28-29-31-32-34-37-40-43-46-49-52-58(61)64-55-56(54-63-57(60)51-48-45-42-39-36-21-18-15-12-9-6-3)65-59(62)53-50-47-44-41-38-35-33-30-27-25-23-20-17-14-11-8-5-2/h7,10,15-16,18-19,24-27,29,31,34,37,56H,4-6,8-9,11-14,17,20-23,28,30,32-33,35-36,38-55H2,1-3H3/b10-7-,18-15-,19-16-,26-24-,27-25-,31-29-,37-34-. The van der Waals surface area contributed by atoms with E-state index in [1.54, 1.807) is 0 Å². The van der Waals surface area contributed by atoms with E-state index in [1.165, 1.54) is 103 Å². The highest BCUT2D eigenvalue weighted by atomic mass is 16.6. The van der Waals surface area contributed by atoms with Crippen LogP contribution in [0, 0.1) is 0 Å². The minimum absolute atomic E-state index is 0.0935. The second-order valence-electron chi connectivity index (χ2n) is 17.7. The van der Waals surface area contributed by atoms with Crippen molar-refractivity contribution in [3.8, 4) is 0 Å². The van der Waals surface area contributed by atoms with Gasteiger partial charge in [-0.15, -0.1) is 0 Å². The van der Waals surface area contributed by atoms with Gasteiger partial charge < -0.3 is 14.2 Å². The van der Waals surface area contributed by atoms with Gasteiger partial charge in [0, 0.05) is 19.3 Å². The van der Waals surface area contributed by atoms with Gasteiger partial charge in [-0.2, -0.15) is 0 Å². The van der Waals surface area contributed by atoms with Gasteiger partial charge in [-0.1, -0.05) is 209 Å². The van der Waals surface area contributed by atoms with Gasteiger partial charge in [-0.3, -0.25) is 14.4 Å². The largest absolute Gasteiger partial charge is 0.462 e. The van der Waals surface area contributed by atoms with Crippen LogP contribution >= 0.6 is 0 Å². The molecule has 0 bridgehead atoms. The number of rotatable bonds is 48. The smallest absolute Gasteiger partial charge is 0.306 e. The fourth-order valence-electron chi connectivity index (χ4n) is 7.27. The molecule has 1 atom stereocenters. The Hall–Kier alpha value is -3.41. The van der Waals surface area contributed by atoms with Gasteiger partial charge in [0.05, 0.1) is 0 Å². The topological polar surface area (TPSA) is 78.9 Å². The molecule has 372 valence electrons. The molecule has 0 spiro atoms. The number of carbonyl (C=O) groups is 3. The van der Waals surface area contributed by atoms with Crippen LogP contribution in [-0.4, -0.2) is 37.2 Å². The van der Waals surface area contributed by atoms with Crippen molar-refractivity contribution in [3.63, 3.8) is 0 Å². The Morgan fingerprint density at radius 2 is 0.615 bits per heavy atom. The van der Waals surface area contributed by atoms with E-state index in [9.17, 15) is 14.4 Å². The van der Waals surface area contributed by atoms with Crippen molar-refractivity contribution in [3.05, 3.63) is 85.1 Å². The van der Waals surface area contributed by atoms with Gasteiger partial charge in [0.1, 0.15) is 13.2 Å². The predicted molar refractivity (Wildman–Crippen MR) is 279 cm³/mol. The molecule has 0 aliphatic heterocycles. The number of carbonyl (C=O) groups excluding carboxylic acids is 3. The lowest BCUT2D eigenvalue weighted by Gasteiger charge is -2.18. The molecule has 0 fully saturated rings. The van der Waals surface area contributed by atoms with Crippen LogP contribution in [0.5, 0.6) is 0 Å². The molecule has 0 heterocycles. The maximum absolute atomic E-state index is 12.8. The molecule has 0 aliphatic carbocycles. The van der Waals surface area contributed by atoms with Crippen LogP contribution in [-0.2, 0) is 28.6 Å². The van der Waals surface area contributed by atoms with Gasteiger partial charge in [-0.05, 0) is 109 Å². The maximum Gasteiger partial charge on any atom is 0.306 e. The Labute approximate surface area is 401 Å². The summed E-state index contributed by atoms with van der Waals surface area (Å²) in [7, 11) is 0. The van der Waals surface area contributed by atoms with E-state index in [0.717, 1.165) is 109 Å². The first kappa shape index (κ1) is 61.6. The molecule has 6 nitrogen and oxygen atoms in total. The molecule has 0 saturated heterocycles. The summed E-state index contributed by atoms with van der Waals surface area (Å²) in [5, 5.41) is 0. The van der Waals surface area contributed by atoms with Crippen molar-refractivity contribution in [2.75, 3.05) is 13.2 Å². The molecule has 0 aromatic heterocycles. The van der Waals surface area contributed by atoms with Crippen LogP contribution in [0.3, 0.4) is 0 Å². The molecule has 1 unspecified atom stereocenters. The first-order valence-corrected chi connectivity index (χ1v) is 27.1. The van der Waals surface area contributed by atoms with Gasteiger partial charge in [0.2, 0.25) is 0 Å². The summed E-state index contributed by atoms with van der Waals surface area (Å²) in [4.78, 5) is 38.0. The zero-order chi connectivity index (χ0) is 47.2. The normalized spacial score (nSPS) is 12.7. The molecule has 0 rings (SSSR count). The highest BCUT2D eigenvalue weighted by Crippen LogP contribution is 2.14. The van der Waals surface area contributed by atoms with E-state index in [4.69, 9.17) is 14.2 Å². The van der Waals surface area contributed by atoms with Gasteiger partial charge in [0.25, 0.3) is 0 Å². The van der Waals surface area contributed by atoms with Crippen LogP contribution in [0.4, 0.5) is 0 Å². The second kappa shape index (κ2) is 53.2. The van der Waals surface area contributed by atoms with E-state index in [1.807, 2.05) is 0 Å². The summed E-state index contributed by atoms with van der Waals surface area (Å²) in [6.45, 7) is 6.44. The number of esters is 3. The molecular formula is C59H100O6. The number of allylic oxidation sites excluding steroid dienone is 14. The lowest BCUT2D eigenvalue weighted by molar-refractivity contribution is -0.167. The van der Waals surface area contributed by atoms with Gasteiger partial charge >= 0.3 is 17.9 Å². The van der Waals surface area contributed by atoms with E-state index in [2.05, 4.69) is 106 Å². The number of hydrogen-bond acceptors (Lipinski definition) is 6. The Bertz CT molecular complexity index is 1270. The Kier molecular flexibility index (Phi) is 50.4. The summed E-state index contributed by atoms with van der Waals surface area (Å²) in [5.74, 6) is -0.939. The SMILES string of the molecule is CC/C=C\C/C=C\C/C=C\C/C=C\C/C=C\CCCCCC(=O)OCC(COC(=O)CCCCCCC/C=C\CCCC)OC(=O)CCCCCCCCC/C=C\CCCCCCCC. The number of unbranched alkanes of at least 4 members (excludes halogenated alkanes) is 23. The third-order valence-corrected chi connectivity index (χ3v) is 11.4. The Morgan fingerprint density at radius 1 is 0.323 bits per heavy atom. The molecule has 0 aromatic carbocycles. The summed E-state index contributed by atoms with van der Waals surface area (Å²) in [5.41, 5.74) is 0. The monoisotopic (exact) mass is 905 g/mol. The van der Waals surface area contributed by atoms with Crippen molar-refractivity contribution in [2.24, 2.45) is 0 Å². The second-order valence-corrected chi connectivity index (χ2v) is 17.7. The van der Waals surface area contributed by atoms with Crippen LogP contribution in [0.25, 0.3) is 0 Å². The molecule has 0 saturated carbocycles. The quantitative estimate of drug-likeness (QED) is 0.0262. The highest BCUT2D eigenvalue weighted by molar-refractivity contribution is 5.71. The van der Waals surface area contributed by atoms with Crippen molar-refractivity contribution in [1.29, 1.82) is 0 Å². The number of ether oxygens (including phenoxy) is 3. The summed E-state index contributed by atoms with van der Waals surface area (Å²) >= 11 is 0. The molecular weight excluding hydrogens is 805 g/mol. The lowest BCUT2D eigenvalue weighted by Crippen LogP contribution is -2.30. The van der Waals surface area contributed by atoms with Crippen LogP contribution in [0.1, 0.15) is 252 Å². The average molecular weight is 905 g/mol. The minimum Gasteiger partial charge on any atom is -0.462 e. The molecule has 0 N–H and O–H groups in total. The Morgan fingerprint density at radius 3 is 1.02 bits per heavy atom. The molecule has 0 amide bonds. The predicted octanol–water partition coefficient (Wildman–Crippen LogP) is 18.0. The van der Waals surface area contributed by atoms with E-state index in [-0.39, 0.29) is 31.1 Å². The first-order valence-electron chi connectivity index (χ1n) is 27.1. The molecule has 0 aliphatic rings. The summed E-state index contributed by atoms with van der Waals surface area (Å²) < 4.78 is 16.8. The molecule has 65 heavy (non-hydrogen) atoms. The van der Waals surface area contributed by atoms with Gasteiger partial charge in [0.15, 0.2) is 6.10 Å². The van der Waals surface area contributed by atoms with E-state index < -0.39 is 6.10 Å². The fourth-order valence-corrected chi connectivity index (χ4v) is 7.27. The van der Waals surface area contributed by atoms with E-state index >= 15 is 0 Å². The zero-order valence-electron chi connectivity index (χ0n) is 42.5. The van der Waals surface area contributed by atoms with Crippen molar-refractivity contribution < 1.29 is 28.6 Å². The van der Waals surface area contributed by atoms with Crippen molar-refractivity contribution >= 4 is 17.9 Å². The zero-order valence-corrected chi connectivity index (χ0v) is 42.5. The first-order chi connectivity index (χ1) is 32.0. The maximum atomic E-state index is 12.8. The third kappa shape index (κ3) is 51.4. The summed E-state index contributed by atoms with van der Waals surface area (Å²) in [6.07, 6.45) is 68.5. The lowest BCUT2D eigenvalue weighted by atomic mass is 10.1. The van der Waals surface area contributed by atoms with Crippen LogP contribution in [0.15, 0.2) is 85.1 Å².